The van der Waals surface area contributed by atoms with Crippen LogP contribution in [0.4, 0.5) is 11.4 Å². The number of benzene rings is 1. The summed E-state index contributed by atoms with van der Waals surface area (Å²) in [7, 11) is 0. The second kappa shape index (κ2) is 8.48. The van der Waals surface area contributed by atoms with Crippen LogP contribution in [-0.4, -0.2) is 17.5 Å². The van der Waals surface area contributed by atoms with Crippen LogP contribution in [0, 0.1) is 0 Å². The highest BCUT2D eigenvalue weighted by Gasteiger charge is 1.97. The van der Waals surface area contributed by atoms with E-state index in [2.05, 4.69) is 22.5 Å². The van der Waals surface area contributed by atoms with Crippen LogP contribution in [0.2, 0.25) is 0 Å². The Morgan fingerprint density at radius 1 is 1.26 bits per heavy atom. The Morgan fingerprint density at radius 3 is 2.53 bits per heavy atom. The van der Waals surface area contributed by atoms with Crippen molar-refractivity contribution < 1.29 is 0 Å². The first kappa shape index (κ1) is 15.4. The Morgan fingerprint density at radius 2 is 1.95 bits per heavy atom. The molecule has 0 atom stereocenters. The van der Waals surface area contributed by atoms with Crippen LogP contribution in [-0.2, 0) is 0 Å². The zero-order valence-electron chi connectivity index (χ0n) is 11.6. The molecule has 0 spiro atoms. The van der Waals surface area contributed by atoms with Gasteiger partial charge < -0.3 is 16.4 Å². The molecule has 0 aromatic heterocycles. The van der Waals surface area contributed by atoms with Crippen LogP contribution in [0.5, 0.6) is 0 Å². The number of nitrogens with zero attached hydrogens (tertiary/aromatic N) is 1. The van der Waals surface area contributed by atoms with Gasteiger partial charge in [-0.15, -0.1) is 0 Å². The molecule has 5 heteroatoms. The normalized spacial score (nSPS) is 11.2. The number of rotatable bonds is 6. The Hall–Kier alpha value is -1.62. The highest BCUT2D eigenvalue weighted by Crippen LogP contribution is 2.16. The number of thiocarbonyl (C=S) groups is 1. The molecule has 19 heavy (non-hydrogen) atoms. The molecule has 1 aromatic carbocycles. The second-order valence-electron chi connectivity index (χ2n) is 4.39. The molecule has 0 saturated carbocycles. The average Bonchev–Trinajstić information content (AvgIpc) is 2.36. The van der Waals surface area contributed by atoms with E-state index in [0.29, 0.717) is 10.9 Å². The Labute approximate surface area is 120 Å². The highest BCUT2D eigenvalue weighted by atomic mass is 32.1. The van der Waals surface area contributed by atoms with Gasteiger partial charge in [-0.1, -0.05) is 19.8 Å². The van der Waals surface area contributed by atoms with Gasteiger partial charge in [0.15, 0.2) is 5.11 Å². The summed E-state index contributed by atoms with van der Waals surface area (Å²) in [4.78, 5) is 4.17. The average molecular weight is 278 g/mol. The van der Waals surface area contributed by atoms with E-state index in [1.165, 1.54) is 12.8 Å². The SMILES string of the molecule is CCCCCNC(=S)Nc1ccc(N=C(C)N)cc1. The summed E-state index contributed by atoms with van der Waals surface area (Å²) in [5.41, 5.74) is 7.31. The van der Waals surface area contributed by atoms with Crippen molar-refractivity contribution in [2.24, 2.45) is 10.7 Å². The zero-order valence-corrected chi connectivity index (χ0v) is 12.4. The molecule has 0 fully saturated rings. The molecule has 1 aromatic rings. The predicted molar refractivity (Wildman–Crippen MR) is 87.1 cm³/mol. The lowest BCUT2D eigenvalue weighted by molar-refractivity contribution is 0.698. The quantitative estimate of drug-likeness (QED) is 0.324. The standard InChI is InChI=1S/C14H22N4S/c1-3-4-5-10-16-14(19)18-13-8-6-12(7-9-13)17-11(2)15/h6-9H,3-5,10H2,1-2H3,(H2,15,17)(H2,16,18,19). The molecule has 0 saturated heterocycles. The number of nitrogens with one attached hydrogen (secondary N) is 2. The number of aliphatic imine (C=N–C) groups is 1. The van der Waals surface area contributed by atoms with Gasteiger partial charge in [-0.3, -0.25) is 0 Å². The van der Waals surface area contributed by atoms with E-state index in [1.807, 2.05) is 24.3 Å². The maximum absolute atomic E-state index is 5.53. The molecule has 4 N–H and O–H groups in total. The molecule has 0 heterocycles. The van der Waals surface area contributed by atoms with E-state index in [1.54, 1.807) is 6.92 Å². The van der Waals surface area contributed by atoms with Crippen LogP contribution in [0.3, 0.4) is 0 Å². The van der Waals surface area contributed by atoms with Gasteiger partial charge in [0, 0.05) is 12.2 Å². The van der Waals surface area contributed by atoms with Crippen molar-refractivity contribution in [2.75, 3.05) is 11.9 Å². The van der Waals surface area contributed by atoms with Crippen LogP contribution in [0.25, 0.3) is 0 Å². The van der Waals surface area contributed by atoms with Crippen LogP contribution >= 0.6 is 12.2 Å². The molecular formula is C14H22N4S. The monoisotopic (exact) mass is 278 g/mol. The molecule has 0 aliphatic heterocycles. The van der Waals surface area contributed by atoms with Crippen molar-refractivity contribution in [3.05, 3.63) is 24.3 Å². The van der Waals surface area contributed by atoms with Gasteiger partial charge in [-0.2, -0.15) is 0 Å². The van der Waals surface area contributed by atoms with Gasteiger partial charge in [-0.05, 0) is 49.8 Å². The van der Waals surface area contributed by atoms with E-state index >= 15 is 0 Å². The third-order valence-electron chi connectivity index (χ3n) is 2.50. The number of hydrogen-bond donors (Lipinski definition) is 3. The first-order valence-corrected chi connectivity index (χ1v) is 6.98. The number of amidine groups is 1. The Bertz CT molecular complexity index is 422. The number of unbranched alkanes of at least 4 members (excludes halogenated alkanes) is 2. The summed E-state index contributed by atoms with van der Waals surface area (Å²) in [6, 6.07) is 7.67. The number of nitrogens with two attached hydrogens (primary N) is 1. The smallest absolute Gasteiger partial charge is 0.170 e. The fraction of sp³-hybridized carbons (Fsp3) is 0.429. The van der Waals surface area contributed by atoms with Crippen LogP contribution in [0.15, 0.2) is 29.3 Å². The number of hydrogen-bond acceptors (Lipinski definition) is 2. The fourth-order valence-corrected chi connectivity index (χ4v) is 1.80. The van der Waals surface area contributed by atoms with Gasteiger partial charge in [0.2, 0.25) is 0 Å². The molecule has 0 aliphatic carbocycles. The van der Waals surface area contributed by atoms with Crippen molar-refractivity contribution in [3.63, 3.8) is 0 Å². The molecule has 4 nitrogen and oxygen atoms in total. The predicted octanol–water partition coefficient (Wildman–Crippen LogP) is 3.17. The molecule has 0 radical (unpaired) electrons. The van der Waals surface area contributed by atoms with Crippen molar-refractivity contribution in [1.82, 2.24) is 5.32 Å². The van der Waals surface area contributed by atoms with Gasteiger partial charge in [0.05, 0.1) is 11.5 Å². The lowest BCUT2D eigenvalue weighted by atomic mass is 10.2. The molecule has 0 bridgehead atoms. The van der Waals surface area contributed by atoms with Crippen molar-refractivity contribution in [1.29, 1.82) is 0 Å². The van der Waals surface area contributed by atoms with Crippen LogP contribution < -0.4 is 16.4 Å². The molecule has 0 unspecified atom stereocenters. The van der Waals surface area contributed by atoms with E-state index in [0.717, 1.165) is 24.3 Å². The van der Waals surface area contributed by atoms with Crippen molar-refractivity contribution >= 4 is 34.5 Å². The minimum absolute atomic E-state index is 0.550. The Balaban J connectivity index is 2.40. The van der Waals surface area contributed by atoms with Crippen LogP contribution in [0.1, 0.15) is 33.1 Å². The molecule has 0 amide bonds. The summed E-state index contributed by atoms with van der Waals surface area (Å²) >= 11 is 5.22. The highest BCUT2D eigenvalue weighted by molar-refractivity contribution is 7.80. The van der Waals surface area contributed by atoms with Crippen molar-refractivity contribution in [2.45, 2.75) is 33.1 Å². The van der Waals surface area contributed by atoms with Crippen molar-refractivity contribution in [3.8, 4) is 0 Å². The topological polar surface area (TPSA) is 62.4 Å². The summed E-state index contributed by atoms with van der Waals surface area (Å²) in [6.45, 7) is 4.86. The van der Waals surface area contributed by atoms with E-state index in [4.69, 9.17) is 18.0 Å². The van der Waals surface area contributed by atoms with Gasteiger partial charge in [-0.25, -0.2) is 4.99 Å². The summed E-state index contributed by atoms with van der Waals surface area (Å²) in [5, 5.41) is 6.98. The summed E-state index contributed by atoms with van der Waals surface area (Å²) < 4.78 is 0. The van der Waals surface area contributed by atoms with Gasteiger partial charge in [0.25, 0.3) is 0 Å². The van der Waals surface area contributed by atoms with E-state index in [-0.39, 0.29) is 0 Å². The van der Waals surface area contributed by atoms with E-state index < -0.39 is 0 Å². The maximum atomic E-state index is 5.53. The van der Waals surface area contributed by atoms with Gasteiger partial charge >= 0.3 is 0 Å². The first-order valence-electron chi connectivity index (χ1n) is 6.57. The lowest BCUT2D eigenvalue weighted by Gasteiger charge is -2.10. The maximum Gasteiger partial charge on any atom is 0.170 e. The van der Waals surface area contributed by atoms with Gasteiger partial charge in [0.1, 0.15) is 0 Å². The largest absolute Gasteiger partial charge is 0.387 e. The lowest BCUT2D eigenvalue weighted by Crippen LogP contribution is -2.29. The minimum Gasteiger partial charge on any atom is -0.387 e. The summed E-state index contributed by atoms with van der Waals surface area (Å²) in [6.07, 6.45) is 3.58. The Kier molecular flexibility index (Phi) is 6.89. The van der Waals surface area contributed by atoms with E-state index in [9.17, 15) is 0 Å². The molecule has 104 valence electrons. The second-order valence-corrected chi connectivity index (χ2v) is 4.80. The molecular weight excluding hydrogens is 256 g/mol. The fourth-order valence-electron chi connectivity index (χ4n) is 1.58. The number of anilines is 1. The molecule has 1 rings (SSSR count). The third-order valence-corrected chi connectivity index (χ3v) is 2.74. The zero-order chi connectivity index (χ0) is 14.1. The third kappa shape index (κ3) is 6.76. The minimum atomic E-state index is 0.550. The first-order chi connectivity index (χ1) is 9.11. The summed E-state index contributed by atoms with van der Waals surface area (Å²) in [5.74, 6) is 0.550. The molecule has 0 aliphatic rings.